The lowest BCUT2D eigenvalue weighted by Crippen LogP contribution is -2.33. The molecule has 6 nitrogen and oxygen atoms in total. The first-order valence-corrected chi connectivity index (χ1v) is 8.58. The largest absolute Gasteiger partial charge is 0.442 e. The molecule has 9 heteroatoms. The van der Waals surface area contributed by atoms with Crippen molar-refractivity contribution < 1.29 is 22.4 Å². The summed E-state index contributed by atoms with van der Waals surface area (Å²) in [6.45, 7) is 6.13. The summed E-state index contributed by atoms with van der Waals surface area (Å²) in [7, 11) is 0. The van der Waals surface area contributed by atoms with Crippen LogP contribution in [-0.2, 0) is 6.18 Å². The molecule has 0 atom stereocenters. The minimum Gasteiger partial charge on any atom is -0.442 e. The van der Waals surface area contributed by atoms with Crippen LogP contribution >= 0.6 is 0 Å². The van der Waals surface area contributed by atoms with Crippen LogP contribution in [0.2, 0.25) is 0 Å². The number of carbonyl (C=O) groups excluding carboxylic acids is 1. The number of furan rings is 1. The van der Waals surface area contributed by atoms with Gasteiger partial charge in [-0.3, -0.25) is 9.79 Å². The lowest BCUT2D eigenvalue weighted by molar-refractivity contribution is -0.137. The van der Waals surface area contributed by atoms with Gasteiger partial charge in [0.2, 0.25) is 5.88 Å². The number of nitrogens with zero attached hydrogens (tertiary/aromatic N) is 3. The minimum atomic E-state index is -4.50. The van der Waals surface area contributed by atoms with Gasteiger partial charge in [-0.1, -0.05) is 6.07 Å². The normalized spacial score (nSPS) is 17.2. The molecule has 1 aromatic carbocycles. The van der Waals surface area contributed by atoms with Crippen molar-refractivity contribution in [1.82, 2.24) is 4.90 Å². The third-order valence-corrected chi connectivity index (χ3v) is 4.52. The quantitative estimate of drug-likeness (QED) is 0.828. The Balaban J connectivity index is 1.71. The fourth-order valence-corrected chi connectivity index (χ4v) is 3.36. The van der Waals surface area contributed by atoms with Gasteiger partial charge in [0, 0.05) is 5.69 Å². The smallest absolute Gasteiger partial charge is 0.416 e. The molecule has 28 heavy (non-hydrogen) atoms. The molecule has 2 aromatic rings. The van der Waals surface area contributed by atoms with Crippen molar-refractivity contribution in [1.29, 1.82) is 0 Å². The molecule has 0 radical (unpaired) electrons. The molecule has 0 saturated heterocycles. The van der Waals surface area contributed by atoms with Crippen LogP contribution in [0.15, 0.2) is 38.7 Å². The summed E-state index contributed by atoms with van der Waals surface area (Å²) in [6.07, 6.45) is -2.89. The number of amidine groups is 1. The molecular weight excluding hydrogens is 373 g/mol. The zero-order chi connectivity index (χ0) is 20.3. The number of halogens is 3. The number of nitrogens with one attached hydrogen (secondary N) is 1. The van der Waals surface area contributed by atoms with Crippen LogP contribution in [0.25, 0.3) is 0 Å². The summed E-state index contributed by atoms with van der Waals surface area (Å²) in [5.41, 5.74) is -0.489. The number of carbonyl (C=O) groups is 1. The van der Waals surface area contributed by atoms with E-state index in [2.05, 4.69) is 15.3 Å². The van der Waals surface area contributed by atoms with E-state index in [1.54, 1.807) is 13.3 Å². The van der Waals surface area contributed by atoms with E-state index in [1.807, 2.05) is 18.7 Å². The summed E-state index contributed by atoms with van der Waals surface area (Å²) >= 11 is 0. The Kier molecular flexibility index (Phi) is 3.88. The van der Waals surface area contributed by atoms with Crippen molar-refractivity contribution in [2.75, 3.05) is 11.9 Å². The zero-order valence-corrected chi connectivity index (χ0v) is 15.4. The van der Waals surface area contributed by atoms with Gasteiger partial charge in [-0.05, 0) is 39.0 Å². The van der Waals surface area contributed by atoms with Crippen molar-refractivity contribution in [3.05, 3.63) is 46.7 Å². The lowest BCUT2D eigenvalue weighted by atomic mass is 10.1. The number of aryl methyl sites for hydroxylation is 1. The van der Waals surface area contributed by atoms with E-state index in [9.17, 15) is 18.0 Å². The third kappa shape index (κ3) is 3.06. The number of rotatable bonds is 2. The molecule has 146 valence electrons. The molecule has 3 heterocycles. The van der Waals surface area contributed by atoms with E-state index in [4.69, 9.17) is 4.42 Å². The van der Waals surface area contributed by atoms with Crippen LogP contribution in [0.5, 0.6) is 0 Å². The van der Waals surface area contributed by atoms with Gasteiger partial charge in [0.05, 0.1) is 28.8 Å². The molecular formula is C19H17F3N4O2. The van der Waals surface area contributed by atoms with Crippen LogP contribution in [0.4, 0.5) is 24.7 Å². The second-order valence-corrected chi connectivity index (χ2v) is 7.37. The van der Waals surface area contributed by atoms with Gasteiger partial charge < -0.3 is 14.6 Å². The van der Waals surface area contributed by atoms with Crippen molar-refractivity contribution in [2.24, 2.45) is 9.98 Å². The lowest BCUT2D eigenvalue weighted by Gasteiger charge is -2.20. The first-order chi connectivity index (χ1) is 13.0. The minimum absolute atomic E-state index is 0.0408. The van der Waals surface area contributed by atoms with Gasteiger partial charge in [-0.25, -0.2) is 4.99 Å². The molecule has 0 unspecified atom stereocenters. The summed E-state index contributed by atoms with van der Waals surface area (Å²) in [6, 6.07) is 4.48. The Bertz CT molecular complexity index is 1030. The van der Waals surface area contributed by atoms with Gasteiger partial charge in [0.15, 0.2) is 0 Å². The molecule has 1 aromatic heterocycles. The number of hydrogen-bond acceptors (Lipinski definition) is 5. The maximum Gasteiger partial charge on any atom is 0.416 e. The standard InChI is InChI=1S/C19H17F3N4O2/c1-10-13(16(27)24-12-6-4-5-11(7-12)19(20,21)22)14-15-25-18(2,3)8-26(15)9-23-17(14)28-10/h4-7,9H,8H2,1-3H3,(H,24,27). The third-order valence-electron chi connectivity index (χ3n) is 4.52. The SMILES string of the molecule is Cc1oc2c(c1C(=O)Nc1cccc(C(F)(F)F)c1)C1=NC(C)(C)CN1C=N2. The maximum absolute atomic E-state index is 12.9. The zero-order valence-electron chi connectivity index (χ0n) is 15.4. The number of benzene rings is 1. The number of fused-ring (bicyclic) bond motifs is 3. The van der Waals surface area contributed by atoms with Crippen LogP contribution in [0.1, 0.15) is 41.1 Å². The number of amides is 1. The Morgan fingerprint density at radius 3 is 2.79 bits per heavy atom. The van der Waals surface area contributed by atoms with Gasteiger partial charge in [-0.2, -0.15) is 13.2 Å². The van der Waals surface area contributed by atoms with Crippen molar-refractivity contribution in [2.45, 2.75) is 32.5 Å². The molecule has 0 bridgehead atoms. The number of aliphatic imine (C=N–C) groups is 2. The molecule has 0 fully saturated rings. The van der Waals surface area contributed by atoms with Crippen LogP contribution in [-0.4, -0.2) is 35.1 Å². The van der Waals surface area contributed by atoms with Gasteiger partial charge in [-0.15, -0.1) is 0 Å². The second kappa shape index (κ2) is 5.95. The van der Waals surface area contributed by atoms with Crippen LogP contribution < -0.4 is 5.32 Å². The predicted molar refractivity (Wildman–Crippen MR) is 98.3 cm³/mol. The Morgan fingerprint density at radius 1 is 1.32 bits per heavy atom. The Morgan fingerprint density at radius 2 is 2.07 bits per heavy atom. The first-order valence-electron chi connectivity index (χ1n) is 8.58. The molecule has 1 amide bonds. The van der Waals surface area contributed by atoms with E-state index >= 15 is 0 Å². The van der Waals surface area contributed by atoms with Crippen molar-refractivity contribution in [3.63, 3.8) is 0 Å². The average Bonchev–Trinajstić information content (AvgIpc) is 3.08. The monoisotopic (exact) mass is 390 g/mol. The predicted octanol–water partition coefficient (Wildman–Crippen LogP) is 4.37. The molecule has 4 rings (SSSR count). The number of anilines is 1. The Hall–Kier alpha value is -3.10. The summed E-state index contributed by atoms with van der Waals surface area (Å²) in [4.78, 5) is 23.6. The molecule has 2 aliphatic rings. The van der Waals surface area contributed by atoms with Crippen LogP contribution in [0.3, 0.4) is 0 Å². The van der Waals surface area contributed by atoms with Gasteiger partial charge >= 0.3 is 6.18 Å². The Labute approximate surface area is 158 Å². The summed E-state index contributed by atoms with van der Waals surface area (Å²) in [5.74, 6) is 0.576. The highest BCUT2D eigenvalue weighted by molar-refractivity contribution is 6.19. The number of alkyl halides is 3. The summed E-state index contributed by atoms with van der Waals surface area (Å²) < 4.78 is 44.4. The van der Waals surface area contributed by atoms with E-state index in [0.29, 0.717) is 23.7 Å². The maximum atomic E-state index is 12.9. The number of hydrogen-bond donors (Lipinski definition) is 1. The fourth-order valence-electron chi connectivity index (χ4n) is 3.36. The second-order valence-electron chi connectivity index (χ2n) is 7.37. The molecule has 0 saturated carbocycles. The van der Waals surface area contributed by atoms with Gasteiger partial charge in [0.25, 0.3) is 5.91 Å². The molecule has 1 N–H and O–H groups in total. The first kappa shape index (κ1) is 18.3. The highest BCUT2D eigenvalue weighted by Crippen LogP contribution is 2.37. The summed E-state index contributed by atoms with van der Waals surface area (Å²) in [5, 5.41) is 2.52. The topological polar surface area (TPSA) is 70.2 Å². The van der Waals surface area contributed by atoms with Crippen LogP contribution in [0, 0.1) is 6.92 Å². The van der Waals surface area contributed by atoms with Crippen molar-refractivity contribution >= 4 is 29.7 Å². The highest BCUT2D eigenvalue weighted by atomic mass is 19.4. The highest BCUT2D eigenvalue weighted by Gasteiger charge is 2.39. The molecule has 0 spiro atoms. The van der Waals surface area contributed by atoms with E-state index in [1.165, 1.54) is 12.1 Å². The average molecular weight is 390 g/mol. The molecule has 0 aliphatic carbocycles. The van der Waals surface area contributed by atoms with E-state index < -0.39 is 17.6 Å². The fraction of sp³-hybridized carbons (Fsp3) is 0.316. The van der Waals surface area contributed by atoms with E-state index in [-0.39, 0.29) is 22.7 Å². The van der Waals surface area contributed by atoms with Crippen molar-refractivity contribution in [3.8, 4) is 0 Å². The molecule has 2 aliphatic heterocycles. The van der Waals surface area contributed by atoms with E-state index in [0.717, 1.165) is 12.1 Å². The van der Waals surface area contributed by atoms with Gasteiger partial charge in [0.1, 0.15) is 17.9 Å².